The molecule has 13 heavy (non-hydrogen) atoms. The highest BCUT2D eigenvalue weighted by Gasteiger charge is 2.05. The van der Waals surface area contributed by atoms with Gasteiger partial charge in [0.2, 0.25) is 0 Å². The molecule has 0 fully saturated rings. The molecule has 0 aliphatic carbocycles. The molecule has 0 unspecified atom stereocenters. The van der Waals surface area contributed by atoms with E-state index in [0.717, 1.165) is 6.42 Å². The Labute approximate surface area is 79.2 Å². The van der Waals surface area contributed by atoms with Gasteiger partial charge in [0, 0.05) is 6.04 Å². The Morgan fingerprint density at radius 1 is 1.38 bits per heavy atom. The average molecular weight is 174 g/mol. The lowest BCUT2D eigenvalue weighted by atomic mass is 10.0. The fourth-order valence-electron chi connectivity index (χ4n) is 1.29. The van der Waals surface area contributed by atoms with Crippen molar-refractivity contribution in [2.45, 2.75) is 18.9 Å². The van der Waals surface area contributed by atoms with Crippen molar-refractivity contribution < 1.29 is 0 Å². The Morgan fingerprint density at radius 2 is 2.08 bits per heavy atom. The van der Waals surface area contributed by atoms with Gasteiger partial charge in [0.05, 0.1) is 12.5 Å². The van der Waals surface area contributed by atoms with Crippen LogP contribution in [0.4, 0.5) is 0 Å². The van der Waals surface area contributed by atoms with E-state index in [1.165, 1.54) is 5.56 Å². The maximum atomic E-state index is 8.56. The van der Waals surface area contributed by atoms with Crippen LogP contribution < -0.4 is 5.32 Å². The minimum atomic E-state index is 0.271. The third-order valence-electron chi connectivity index (χ3n) is 2.07. The van der Waals surface area contributed by atoms with Gasteiger partial charge in [-0.3, -0.25) is 0 Å². The van der Waals surface area contributed by atoms with E-state index < -0.39 is 0 Å². The zero-order valence-electron chi connectivity index (χ0n) is 7.83. The lowest BCUT2D eigenvalue weighted by molar-refractivity contribution is 0.570. The Hall–Kier alpha value is -1.33. The van der Waals surface area contributed by atoms with Gasteiger partial charge in [0.1, 0.15) is 0 Å². The van der Waals surface area contributed by atoms with Crippen LogP contribution in [0.15, 0.2) is 30.3 Å². The molecule has 1 atom stereocenters. The van der Waals surface area contributed by atoms with Gasteiger partial charge >= 0.3 is 0 Å². The van der Waals surface area contributed by atoms with Crippen molar-refractivity contribution >= 4 is 0 Å². The van der Waals surface area contributed by atoms with E-state index in [-0.39, 0.29) is 6.04 Å². The van der Waals surface area contributed by atoms with Gasteiger partial charge in [-0.05, 0) is 19.0 Å². The van der Waals surface area contributed by atoms with Gasteiger partial charge in [-0.15, -0.1) is 0 Å². The molecule has 0 saturated heterocycles. The Balaban J connectivity index is 2.53. The summed E-state index contributed by atoms with van der Waals surface area (Å²) in [6, 6.07) is 12.7. The number of rotatable bonds is 4. The number of nitrogens with zero attached hydrogens (tertiary/aromatic N) is 1. The van der Waals surface area contributed by atoms with E-state index in [0.29, 0.717) is 6.42 Å². The molecule has 0 aliphatic heterocycles. The molecular weight excluding hydrogens is 160 g/mol. The molecule has 0 radical (unpaired) electrons. The predicted octanol–water partition coefficient (Wildman–Crippen LogP) is 1.73. The van der Waals surface area contributed by atoms with Crippen LogP contribution in [-0.4, -0.2) is 13.1 Å². The molecule has 0 heterocycles. The predicted molar refractivity (Wildman–Crippen MR) is 53.2 cm³/mol. The van der Waals surface area contributed by atoms with Gasteiger partial charge < -0.3 is 5.32 Å². The van der Waals surface area contributed by atoms with Gasteiger partial charge in [-0.1, -0.05) is 30.3 Å². The monoisotopic (exact) mass is 174 g/mol. The Morgan fingerprint density at radius 3 is 2.62 bits per heavy atom. The molecule has 0 saturated carbocycles. The maximum Gasteiger partial charge on any atom is 0.0638 e. The first-order valence-corrected chi connectivity index (χ1v) is 4.45. The van der Waals surface area contributed by atoms with E-state index in [1.807, 2.05) is 25.2 Å². The topological polar surface area (TPSA) is 35.8 Å². The van der Waals surface area contributed by atoms with Crippen LogP contribution in [-0.2, 0) is 6.42 Å². The summed E-state index contributed by atoms with van der Waals surface area (Å²) in [5, 5.41) is 11.7. The van der Waals surface area contributed by atoms with Crippen LogP contribution in [0.5, 0.6) is 0 Å². The van der Waals surface area contributed by atoms with Crippen LogP contribution in [0.2, 0.25) is 0 Å². The lowest BCUT2D eigenvalue weighted by Gasteiger charge is -2.11. The summed E-state index contributed by atoms with van der Waals surface area (Å²) in [7, 11) is 1.89. The summed E-state index contributed by atoms with van der Waals surface area (Å²) in [6.07, 6.45) is 1.48. The smallest absolute Gasteiger partial charge is 0.0638 e. The average Bonchev–Trinajstić information content (AvgIpc) is 2.19. The van der Waals surface area contributed by atoms with Crippen molar-refractivity contribution in [3.63, 3.8) is 0 Å². The quantitative estimate of drug-likeness (QED) is 0.754. The fraction of sp³-hybridized carbons (Fsp3) is 0.364. The van der Waals surface area contributed by atoms with Crippen LogP contribution in [0.25, 0.3) is 0 Å². The van der Waals surface area contributed by atoms with E-state index in [2.05, 4.69) is 23.5 Å². The molecule has 0 bridgehead atoms. The second kappa shape index (κ2) is 5.34. The Kier molecular flexibility index (Phi) is 4.01. The molecule has 1 aromatic carbocycles. The highest BCUT2D eigenvalue weighted by molar-refractivity contribution is 5.16. The molecule has 0 aliphatic rings. The van der Waals surface area contributed by atoms with Crippen molar-refractivity contribution in [2.24, 2.45) is 0 Å². The summed E-state index contributed by atoms with van der Waals surface area (Å²) in [5.41, 5.74) is 1.28. The second-order valence-electron chi connectivity index (χ2n) is 3.04. The summed E-state index contributed by atoms with van der Waals surface area (Å²) in [4.78, 5) is 0. The minimum Gasteiger partial charge on any atom is -0.316 e. The molecule has 0 spiro atoms. The first-order valence-electron chi connectivity index (χ1n) is 4.45. The number of nitrogens with one attached hydrogen (secondary N) is 1. The highest BCUT2D eigenvalue weighted by Crippen LogP contribution is 2.04. The van der Waals surface area contributed by atoms with E-state index in [1.54, 1.807) is 0 Å². The van der Waals surface area contributed by atoms with Gasteiger partial charge in [0.15, 0.2) is 0 Å². The van der Waals surface area contributed by atoms with Crippen LogP contribution in [0.3, 0.4) is 0 Å². The maximum absolute atomic E-state index is 8.56. The third kappa shape index (κ3) is 3.27. The van der Waals surface area contributed by atoms with Crippen LogP contribution in [0, 0.1) is 11.3 Å². The number of benzene rings is 1. The number of hydrogen-bond donors (Lipinski definition) is 1. The normalized spacial score (nSPS) is 12.0. The molecular formula is C11H14N2. The molecule has 1 N–H and O–H groups in total. The molecule has 2 nitrogen and oxygen atoms in total. The zero-order chi connectivity index (χ0) is 9.52. The second-order valence-corrected chi connectivity index (χ2v) is 3.04. The summed E-state index contributed by atoms with van der Waals surface area (Å²) in [5.74, 6) is 0. The zero-order valence-corrected chi connectivity index (χ0v) is 7.83. The standard InChI is InChI=1S/C11H14N2/c1-13-11(7-8-12)9-10-5-3-2-4-6-10/h2-6,11,13H,7,9H2,1H3/t11-/m1/s1. The van der Waals surface area contributed by atoms with E-state index >= 15 is 0 Å². The SMILES string of the molecule is CN[C@H](CC#N)Cc1ccccc1. The molecule has 1 rings (SSSR count). The molecule has 0 aromatic heterocycles. The highest BCUT2D eigenvalue weighted by atomic mass is 14.9. The third-order valence-corrected chi connectivity index (χ3v) is 2.07. The van der Waals surface area contributed by atoms with Crippen molar-refractivity contribution in [3.05, 3.63) is 35.9 Å². The fourth-order valence-corrected chi connectivity index (χ4v) is 1.29. The first kappa shape index (κ1) is 9.76. The van der Waals surface area contributed by atoms with E-state index in [9.17, 15) is 0 Å². The molecule has 68 valence electrons. The lowest BCUT2D eigenvalue weighted by Crippen LogP contribution is -2.26. The summed E-state index contributed by atoms with van der Waals surface area (Å²) < 4.78 is 0. The van der Waals surface area contributed by atoms with Crippen molar-refractivity contribution in [3.8, 4) is 6.07 Å². The van der Waals surface area contributed by atoms with Crippen molar-refractivity contribution in [1.82, 2.24) is 5.32 Å². The van der Waals surface area contributed by atoms with Crippen molar-refractivity contribution in [1.29, 1.82) is 5.26 Å². The minimum absolute atomic E-state index is 0.271. The van der Waals surface area contributed by atoms with Crippen molar-refractivity contribution in [2.75, 3.05) is 7.05 Å². The number of nitriles is 1. The first-order chi connectivity index (χ1) is 6.36. The largest absolute Gasteiger partial charge is 0.316 e. The Bertz CT molecular complexity index is 274. The molecule has 1 aromatic rings. The van der Waals surface area contributed by atoms with Gasteiger partial charge in [-0.2, -0.15) is 5.26 Å². The van der Waals surface area contributed by atoms with Gasteiger partial charge in [-0.25, -0.2) is 0 Å². The number of hydrogen-bond acceptors (Lipinski definition) is 2. The van der Waals surface area contributed by atoms with E-state index in [4.69, 9.17) is 5.26 Å². The molecule has 2 heteroatoms. The summed E-state index contributed by atoms with van der Waals surface area (Å²) >= 11 is 0. The van der Waals surface area contributed by atoms with Crippen LogP contribution >= 0.6 is 0 Å². The summed E-state index contributed by atoms with van der Waals surface area (Å²) in [6.45, 7) is 0. The molecule has 0 amide bonds. The van der Waals surface area contributed by atoms with Crippen LogP contribution in [0.1, 0.15) is 12.0 Å². The number of likely N-dealkylation sites (N-methyl/N-ethyl adjacent to an activating group) is 1. The van der Waals surface area contributed by atoms with Gasteiger partial charge in [0.25, 0.3) is 0 Å².